The molecule has 3 heterocycles. The minimum Gasteiger partial charge on any atom is -0.440 e. The molecule has 0 radical (unpaired) electrons. The van der Waals surface area contributed by atoms with Gasteiger partial charge in [0.25, 0.3) is 5.91 Å². The van der Waals surface area contributed by atoms with E-state index in [1.165, 1.54) is 6.20 Å². The number of oxazole rings is 1. The predicted molar refractivity (Wildman–Crippen MR) is 98.5 cm³/mol. The van der Waals surface area contributed by atoms with Gasteiger partial charge < -0.3 is 9.73 Å². The smallest absolute Gasteiger partial charge is 0.261 e. The summed E-state index contributed by atoms with van der Waals surface area (Å²) in [5, 5.41) is 7.15. The van der Waals surface area contributed by atoms with Crippen LogP contribution in [0.2, 0.25) is 0 Å². The molecule has 26 heavy (non-hydrogen) atoms. The Morgan fingerprint density at radius 3 is 2.77 bits per heavy atom. The molecule has 0 bridgehead atoms. The van der Waals surface area contributed by atoms with Gasteiger partial charge in [0.1, 0.15) is 11.1 Å². The lowest BCUT2D eigenvalue weighted by Gasteiger charge is -2.05. The van der Waals surface area contributed by atoms with E-state index in [9.17, 15) is 4.79 Å². The third-order valence-corrected chi connectivity index (χ3v) is 4.18. The Labute approximate surface area is 150 Å². The molecule has 4 rings (SSSR count). The highest BCUT2D eigenvalue weighted by Gasteiger charge is 2.16. The van der Waals surface area contributed by atoms with Gasteiger partial charge in [-0.1, -0.05) is 13.8 Å². The van der Waals surface area contributed by atoms with Crippen molar-refractivity contribution in [3.8, 4) is 0 Å². The van der Waals surface area contributed by atoms with Crippen LogP contribution in [0.25, 0.3) is 16.7 Å². The molecule has 7 nitrogen and oxygen atoms in total. The summed E-state index contributed by atoms with van der Waals surface area (Å²) in [7, 11) is 0. The van der Waals surface area contributed by atoms with Crippen molar-refractivity contribution in [3.05, 3.63) is 53.3 Å². The number of carbonyl (C=O) groups is 1. The quantitative estimate of drug-likeness (QED) is 0.607. The van der Waals surface area contributed by atoms with Crippen LogP contribution in [0.5, 0.6) is 0 Å². The van der Waals surface area contributed by atoms with Crippen LogP contribution in [-0.4, -0.2) is 25.5 Å². The van der Waals surface area contributed by atoms with Gasteiger partial charge in [-0.25, -0.2) is 14.5 Å². The van der Waals surface area contributed by atoms with Crippen LogP contribution in [0.15, 0.2) is 34.9 Å². The van der Waals surface area contributed by atoms with Gasteiger partial charge in [-0.3, -0.25) is 4.79 Å². The van der Waals surface area contributed by atoms with Crippen LogP contribution in [0.4, 0.5) is 5.69 Å². The normalized spacial score (nSPS) is 11.6. The summed E-state index contributed by atoms with van der Waals surface area (Å²) >= 11 is 0. The topological polar surface area (TPSA) is 85.3 Å². The molecule has 4 aromatic rings. The molecule has 0 saturated carbocycles. The largest absolute Gasteiger partial charge is 0.440 e. The molecule has 3 aromatic heterocycles. The number of aromatic nitrogens is 4. The van der Waals surface area contributed by atoms with E-state index >= 15 is 0 Å². The van der Waals surface area contributed by atoms with Gasteiger partial charge in [-0.15, -0.1) is 0 Å². The number of rotatable bonds is 3. The van der Waals surface area contributed by atoms with Crippen LogP contribution in [0, 0.1) is 13.8 Å². The molecule has 0 aliphatic heterocycles. The summed E-state index contributed by atoms with van der Waals surface area (Å²) in [5.41, 5.74) is 4.82. The number of nitrogens with one attached hydrogen (secondary N) is 1. The zero-order chi connectivity index (χ0) is 18.4. The van der Waals surface area contributed by atoms with E-state index < -0.39 is 0 Å². The second-order valence-corrected chi connectivity index (χ2v) is 6.68. The number of carbonyl (C=O) groups excluding carboxylic acids is 1. The molecule has 7 heteroatoms. The maximum atomic E-state index is 12.7. The average Bonchev–Trinajstić information content (AvgIpc) is 3.18. The van der Waals surface area contributed by atoms with E-state index in [-0.39, 0.29) is 11.8 Å². The van der Waals surface area contributed by atoms with Crippen molar-refractivity contribution in [1.29, 1.82) is 0 Å². The number of hydrogen-bond donors (Lipinski definition) is 1. The Bertz CT molecular complexity index is 1140. The van der Waals surface area contributed by atoms with Crippen LogP contribution < -0.4 is 5.32 Å². The summed E-state index contributed by atoms with van der Waals surface area (Å²) in [6.45, 7) is 7.87. The maximum Gasteiger partial charge on any atom is 0.261 e. The summed E-state index contributed by atoms with van der Waals surface area (Å²) in [6, 6.07) is 7.34. The van der Waals surface area contributed by atoms with Gasteiger partial charge in [-0.05, 0) is 38.1 Å². The first kappa shape index (κ1) is 16.3. The van der Waals surface area contributed by atoms with E-state index in [1.54, 1.807) is 16.6 Å². The van der Waals surface area contributed by atoms with E-state index in [0.29, 0.717) is 28.4 Å². The van der Waals surface area contributed by atoms with Crippen molar-refractivity contribution in [1.82, 2.24) is 19.6 Å². The number of nitrogens with zero attached hydrogens (tertiary/aromatic N) is 4. The molecule has 1 amide bonds. The minimum absolute atomic E-state index is 0.205. The highest BCUT2D eigenvalue weighted by molar-refractivity contribution is 6.08. The van der Waals surface area contributed by atoms with Crippen molar-refractivity contribution < 1.29 is 9.21 Å². The third-order valence-electron chi connectivity index (χ3n) is 4.18. The fourth-order valence-electron chi connectivity index (χ4n) is 2.90. The zero-order valence-corrected chi connectivity index (χ0v) is 15.1. The third kappa shape index (κ3) is 2.71. The molecule has 132 valence electrons. The number of amides is 1. The van der Waals surface area contributed by atoms with Gasteiger partial charge in [0.05, 0.1) is 6.20 Å². The van der Waals surface area contributed by atoms with E-state index in [4.69, 9.17) is 4.42 Å². The van der Waals surface area contributed by atoms with Gasteiger partial charge in [0, 0.05) is 23.0 Å². The molecular weight excluding hydrogens is 330 g/mol. The lowest BCUT2D eigenvalue weighted by Crippen LogP contribution is -2.12. The van der Waals surface area contributed by atoms with E-state index in [0.717, 1.165) is 16.9 Å². The molecule has 0 spiro atoms. The standard InChI is InChI=1S/C19H19N5O2/c1-10(2)19-23-15-8-13(5-6-16(15)26-19)22-18(25)14-9-20-24-12(4)7-11(3)21-17(14)24/h5-10H,1-4H3,(H,22,25). The van der Waals surface area contributed by atoms with Crippen LogP contribution >= 0.6 is 0 Å². The van der Waals surface area contributed by atoms with Crippen LogP contribution in [0.3, 0.4) is 0 Å². The van der Waals surface area contributed by atoms with Gasteiger partial charge >= 0.3 is 0 Å². The van der Waals surface area contributed by atoms with E-state index in [1.807, 2.05) is 39.8 Å². The lowest BCUT2D eigenvalue weighted by atomic mass is 10.2. The molecule has 0 aliphatic carbocycles. The Hall–Kier alpha value is -3.22. The monoisotopic (exact) mass is 349 g/mol. The second-order valence-electron chi connectivity index (χ2n) is 6.68. The fraction of sp³-hybridized carbons (Fsp3) is 0.263. The first-order chi connectivity index (χ1) is 12.4. The maximum absolute atomic E-state index is 12.7. The number of benzene rings is 1. The Balaban J connectivity index is 1.67. The predicted octanol–water partition coefficient (Wildman–Crippen LogP) is 3.86. The van der Waals surface area contributed by atoms with Crippen molar-refractivity contribution in [2.75, 3.05) is 5.32 Å². The minimum atomic E-state index is -0.260. The Morgan fingerprint density at radius 2 is 2.00 bits per heavy atom. The summed E-state index contributed by atoms with van der Waals surface area (Å²) in [4.78, 5) is 21.6. The summed E-state index contributed by atoms with van der Waals surface area (Å²) in [5.74, 6) is 0.627. The van der Waals surface area contributed by atoms with Crippen LogP contribution in [0.1, 0.15) is 47.4 Å². The molecular formula is C19H19N5O2. The Morgan fingerprint density at radius 1 is 1.19 bits per heavy atom. The van der Waals surface area contributed by atoms with Gasteiger partial charge in [0.2, 0.25) is 0 Å². The highest BCUT2D eigenvalue weighted by atomic mass is 16.3. The second kappa shape index (κ2) is 5.94. The van der Waals surface area contributed by atoms with Crippen molar-refractivity contribution in [2.45, 2.75) is 33.6 Å². The molecule has 1 N–H and O–H groups in total. The lowest BCUT2D eigenvalue weighted by molar-refractivity contribution is 0.102. The van der Waals surface area contributed by atoms with E-state index in [2.05, 4.69) is 20.4 Å². The molecule has 0 atom stereocenters. The number of fused-ring (bicyclic) bond motifs is 2. The number of aryl methyl sites for hydroxylation is 2. The SMILES string of the molecule is Cc1cc(C)n2ncc(C(=O)Nc3ccc4oc(C(C)C)nc4c3)c2n1. The van der Waals surface area contributed by atoms with Crippen molar-refractivity contribution >= 4 is 28.3 Å². The molecule has 0 fully saturated rings. The molecule has 0 unspecified atom stereocenters. The van der Waals surface area contributed by atoms with Crippen molar-refractivity contribution in [2.24, 2.45) is 0 Å². The van der Waals surface area contributed by atoms with Crippen LogP contribution in [-0.2, 0) is 0 Å². The highest BCUT2D eigenvalue weighted by Crippen LogP contribution is 2.24. The molecule has 0 aliphatic rings. The molecule has 0 saturated heterocycles. The van der Waals surface area contributed by atoms with Crippen molar-refractivity contribution in [3.63, 3.8) is 0 Å². The van der Waals surface area contributed by atoms with Gasteiger partial charge in [-0.2, -0.15) is 5.10 Å². The fourth-order valence-corrected chi connectivity index (χ4v) is 2.90. The Kier molecular flexibility index (Phi) is 3.72. The zero-order valence-electron chi connectivity index (χ0n) is 15.1. The average molecular weight is 349 g/mol. The number of anilines is 1. The first-order valence-electron chi connectivity index (χ1n) is 8.46. The first-order valence-corrected chi connectivity index (χ1v) is 8.46. The molecule has 1 aromatic carbocycles. The van der Waals surface area contributed by atoms with Gasteiger partial charge in [0.15, 0.2) is 17.1 Å². The summed E-state index contributed by atoms with van der Waals surface area (Å²) < 4.78 is 7.36. The number of hydrogen-bond acceptors (Lipinski definition) is 5. The summed E-state index contributed by atoms with van der Waals surface area (Å²) in [6.07, 6.45) is 1.54.